The van der Waals surface area contributed by atoms with Gasteiger partial charge in [0.1, 0.15) is 0 Å². The van der Waals surface area contributed by atoms with Gasteiger partial charge in [0.15, 0.2) is 5.96 Å². The Morgan fingerprint density at radius 1 is 1.20 bits per heavy atom. The second kappa shape index (κ2) is 13.6. The molecule has 30 heavy (non-hydrogen) atoms. The van der Waals surface area contributed by atoms with Gasteiger partial charge in [-0.05, 0) is 38.8 Å². The van der Waals surface area contributed by atoms with Gasteiger partial charge in [-0.2, -0.15) is 0 Å². The van der Waals surface area contributed by atoms with Gasteiger partial charge in [-0.25, -0.2) is 0 Å². The molecular formula is C23H41N5O2. The lowest BCUT2D eigenvalue weighted by Crippen LogP contribution is -2.58. The van der Waals surface area contributed by atoms with Crippen LogP contribution in [0.2, 0.25) is 0 Å². The maximum Gasteiger partial charge on any atom is 0.191 e. The van der Waals surface area contributed by atoms with Crippen molar-refractivity contribution in [1.82, 2.24) is 20.9 Å². The second-order valence-electron chi connectivity index (χ2n) is 8.17. The number of rotatable bonds is 12. The van der Waals surface area contributed by atoms with Crippen molar-refractivity contribution in [3.63, 3.8) is 0 Å². The summed E-state index contributed by atoms with van der Waals surface area (Å²) in [5.74, 6) is 0.848. The maximum absolute atomic E-state index is 5.65. The van der Waals surface area contributed by atoms with Crippen LogP contribution in [0.15, 0.2) is 35.3 Å². The molecule has 1 fully saturated rings. The quantitative estimate of drug-likeness (QED) is 0.274. The van der Waals surface area contributed by atoms with Crippen molar-refractivity contribution in [2.24, 2.45) is 4.99 Å². The predicted molar refractivity (Wildman–Crippen MR) is 124 cm³/mol. The van der Waals surface area contributed by atoms with Gasteiger partial charge in [0.25, 0.3) is 0 Å². The number of methoxy groups -OCH3 is 1. The molecule has 7 heteroatoms. The van der Waals surface area contributed by atoms with Gasteiger partial charge in [-0.15, -0.1) is 0 Å². The minimum absolute atomic E-state index is 0.0118. The number of hydrogen-bond donors (Lipinski definition) is 3. The third-order valence-electron chi connectivity index (χ3n) is 5.76. The van der Waals surface area contributed by atoms with E-state index >= 15 is 0 Å². The topological polar surface area (TPSA) is 70.2 Å². The molecule has 1 unspecified atom stereocenters. The molecule has 1 aromatic rings. The molecule has 0 spiro atoms. The number of likely N-dealkylation sites (N-methyl/N-ethyl adjacent to an activating group) is 1. The van der Waals surface area contributed by atoms with Crippen LogP contribution in [0.1, 0.15) is 37.8 Å². The third-order valence-corrected chi connectivity index (χ3v) is 5.76. The highest BCUT2D eigenvalue weighted by molar-refractivity contribution is 5.79. The van der Waals surface area contributed by atoms with Crippen LogP contribution in [-0.4, -0.2) is 83.6 Å². The first kappa shape index (κ1) is 24.6. The summed E-state index contributed by atoms with van der Waals surface area (Å²) in [6, 6.07) is 10.9. The smallest absolute Gasteiger partial charge is 0.191 e. The fraction of sp³-hybridized carbons (Fsp3) is 0.696. The summed E-state index contributed by atoms with van der Waals surface area (Å²) in [5, 5.41) is 10.9. The van der Waals surface area contributed by atoms with E-state index in [9.17, 15) is 0 Å². The summed E-state index contributed by atoms with van der Waals surface area (Å²) >= 11 is 0. The summed E-state index contributed by atoms with van der Waals surface area (Å²) in [6.45, 7) is 8.28. The molecule has 3 N–H and O–H groups in total. The Morgan fingerprint density at radius 2 is 1.93 bits per heavy atom. The molecule has 1 heterocycles. The summed E-state index contributed by atoms with van der Waals surface area (Å²) in [4.78, 5) is 6.72. The lowest BCUT2D eigenvalue weighted by Gasteiger charge is -2.41. The minimum Gasteiger partial charge on any atom is -0.385 e. The Labute approximate surface area is 182 Å². The average Bonchev–Trinajstić information content (AvgIpc) is 2.77. The zero-order chi connectivity index (χ0) is 21.7. The molecule has 0 aromatic heterocycles. The van der Waals surface area contributed by atoms with Crippen LogP contribution in [0.4, 0.5) is 0 Å². The van der Waals surface area contributed by atoms with Crippen molar-refractivity contribution in [2.45, 2.75) is 37.8 Å². The second-order valence-corrected chi connectivity index (χ2v) is 8.17. The van der Waals surface area contributed by atoms with E-state index in [2.05, 4.69) is 70.1 Å². The van der Waals surface area contributed by atoms with E-state index in [1.54, 1.807) is 7.11 Å². The number of nitrogens with zero attached hydrogens (tertiary/aromatic N) is 2. The molecule has 1 saturated heterocycles. The number of aliphatic imine (C=N–C) groups is 1. The van der Waals surface area contributed by atoms with E-state index in [-0.39, 0.29) is 11.6 Å². The van der Waals surface area contributed by atoms with Crippen molar-refractivity contribution in [1.29, 1.82) is 0 Å². The first-order valence-corrected chi connectivity index (χ1v) is 11.1. The highest BCUT2D eigenvalue weighted by Gasteiger charge is 2.34. The fourth-order valence-electron chi connectivity index (χ4n) is 3.85. The zero-order valence-electron chi connectivity index (χ0n) is 19.2. The fourth-order valence-corrected chi connectivity index (χ4v) is 3.85. The maximum atomic E-state index is 5.65. The van der Waals surface area contributed by atoms with Crippen LogP contribution in [-0.2, 0) is 9.47 Å². The van der Waals surface area contributed by atoms with Gasteiger partial charge >= 0.3 is 0 Å². The molecule has 170 valence electrons. The van der Waals surface area contributed by atoms with Gasteiger partial charge in [-0.3, -0.25) is 4.99 Å². The largest absolute Gasteiger partial charge is 0.385 e. The van der Waals surface area contributed by atoms with Crippen molar-refractivity contribution in [3.05, 3.63) is 35.9 Å². The molecule has 1 aliphatic heterocycles. The molecule has 2 rings (SSSR count). The highest BCUT2D eigenvalue weighted by atomic mass is 16.5. The monoisotopic (exact) mass is 419 g/mol. The lowest BCUT2D eigenvalue weighted by atomic mass is 9.88. The lowest BCUT2D eigenvalue weighted by molar-refractivity contribution is 0.0355. The Bertz CT molecular complexity index is 605. The molecule has 0 aliphatic carbocycles. The van der Waals surface area contributed by atoms with E-state index in [0.29, 0.717) is 0 Å². The van der Waals surface area contributed by atoms with E-state index in [1.807, 2.05) is 7.05 Å². The number of hydrogen-bond acceptors (Lipinski definition) is 5. The van der Waals surface area contributed by atoms with Gasteiger partial charge in [0.2, 0.25) is 0 Å². The summed E-state index contributed by atoms with van der Waals surface area (Å²) in [7, 11) is 5.71. The van der Waals surface area contributed by atoms with Crippen LogP contribution in [0.25, 0.3) is 0 Å². The molecule has 0 amide bonds. The number of benzene rings is 1. The van der Waals surface area contributed by atoms with E-state index in [1.165, 1.54) is 5.56 Å². The number of nitrogens with one attached hydrogen (secondary N) is 3. The Kier molecular flexibility index (Phi) is 11.1. The molecule has 0 bridgehead atoms. The number of guanidine groups is 1. The highest BCUT2D eigenvalue weighted by Crippen LogP contribution is 2.25. The van der Waals surface area contributed by atoms with E-state index in [0.717, 1.165) is 71.2 Å². The van der Waals surface area contributed by atoms with Crippen molar-refractivity contribution >= 4 is 5.96 Å². The standard InChI is InChI=1S/C23H41N5O2/c1-20(21-9-6-5-7-10-21)27-23(11-17-30-18-12-23)19-26-22(24-2)25-13-15-28(3)14-8-16-29-4/h5-7,9-10,20,27H,8,11-19H2,1-4H3,(H2,24,25,26). The predicted octanol–water partition coefficient (Wildman–Crippen LogP) is 2.02. The van der Waals surface area contributed by atoms with Gasteiger partial charge in [0, 0.05) is 71.7 Å². The van der Waals surface area contributed by atoms with Gasteiger partial charge < -0.3 is 30.3 Å². The van der Waals surface area contributed by atoms with Crippen LogP contribution in [0.3, 0.4) is 0 Å². The summed E-state index contributed by atoms with van der Waals surface area (Å²) in [5.41, 5.74) is 1.30. The van der Waals surface area contributed by atoms with Crippen molar-refractivity contribution in [2.75, 3.05) is 67.2 Å². The van der Waals surface area contributed by atoms with Crippen LogP contribution >= 0.6 is 0 Å². The Hall–Kier alpha value is -1.67. The van der Waals surface area contributed by atoms with E-state index < -0.39 is 0 Å². The molecule has 1 atom stereocenters. The van der Waals surface area contributed by atoms with Gasteiger partial charge in [-0.1, -0.05) is 30.3 Å². The zero-order valence-corrected chi connectivity index (χ0v) is 19.2. The van der Waals surface area contributed by atoms with E-state index in [4.69, 9.17) is 9.47 Å². The summed E-state index contributed by atoms with van der Waals surface area (Å²) < 4.78 is 10.8. The molecule has 1 aliphatic rings. The minimum atomic E-state index is -0.0118. The molecule has 1 aromatic carbocycles. The van der Waals surface area contributed by atoms with Crippen molar-refractivity contribution < 1.29 is 9.47 Å². The Balaban J connectivity index is 1.83. The SMILES string of the molecule is CN=C(NCCN(C)CCCOC)NCC1(NC(C)c2ccccc2)CCOCC1. The van der Waals surface area contributed by atoms with Crippen molar-refractivity contribution in [3.8, 4) is 0 Å². The van der Waals surface area contributed by atoms with Crippen LogP contribution in [0, 0.1) is 0 Å². The third kappa shape index (κ3) is 8.60. The first-order chi connectivity index (χ1) is 14.6. The molecule has 7 nitrogen and oxygen atoms in total. The molecular weight excluding hydrogens is 378 g/mol. The normalized spacial score (nSPS) is 17.7. The molecule has 0 radical (unpaired) electrons. The summed E-state index contributed by atoms with van der Waals surface area (Å²) in [6.07, 6.45) is 3.02. The molecule has 0 saturated carbocycles. The Morgan fingerprint density at radius 3 is 2.60 bits per heavy atom. The van der Waals surface area contributed by atoms with Crippen LogP contribution in [0.5, 0.6) is 0 Å². The first-order valence-electron chi connectivity index (χ1n) is 11.1. The number of ether oxygens (including phenoxy) is 2. The average molecular weight is 420 g/mol. The van der Waals surface area contributed by atoms with Crippen LogP contribution < -0.4 is 16.0 Å². The van der Waals surface area contributed by atoms with Gasteiger partial charge in [0.05, 0.1) is 0 Å².